The predicted octanol–water partition coefficient (Wildman–Crippen LogP) is -0.515. The van der Waals surface area contributed by atoms with E-state index in [4.69, 9.17) is 0 Å². The third kappa shape index (κ3) is 2.44. The molecule has 8 heavy (non-hydrogen) atoms. The van der Waals surface area contributed by atoms with Crippen molar-refractivity contribution in [3.63, 3.8) is 0 Å². The van der Waals surface area contributed by atoms with Crippen LogP contribution in [-0.4, -0.2) is 15.5 Å². The van der Waals surface area contributed by atoms with E-state index in [0.29, 0.717) is 0 Å². The van der Waals surface area contributed by atoms with Crippen LogP contribution in [-0.2, 0) is 18.8 Å². The first-order chi connectivity index (χ1) is 3.62. The monoisotopic (exact) mass is 136 g/mol. The maximum Gasteiger partial charge on any atom is 0.457 e. The maximum atomic E-state index is 10.0. The van der Waals surface area contributed by atoms with Crippen molar-refractivity contribution in [2.75, 3.05) is 7.11 Å². The molecule has 0 saturated carbocycles. The molecule has 0 aromatic carbocycles. The molecule has 0 radical (unpaired) electrons. The Balaban J connectivity index is 4.01. The van der Waals surface area contributed by atoms with Gasteiger partial charge in [-0.2, -0.15) is 8.42 Å². The van der Waals surface area contributed by atoms with E-state index >= 15 is 0 Å². The number of hydrogen-bond donors (Lipinski definition) is 0. The normalized spacial score (nSPS) is 10.0. The van der Waals surface area contributed by atoms with Gasteiger partial charge in [-0.15, -0.1) is 0 Å². The lowest BCUT2D eigenvalue weighted by atomic mass is 11.3. The maximum absolute atomic E-state index is 10.0. The topological polar surface area (TPSA) is 52.6 Å². The van der Waals surface area contributed by atoms with Crippen LogP contribution in [0.1, 0.15) is 0 Å². The number of hydrogen-bond acceptors (Lipinski definition) is 4. The van der Waals surface area contributed by atoms with E-state index < -0.39 is 10.4 Å². The van der Waals surface area contributed by atoms with Gasteiger partial charge in [0.2, 0.25) is 0 Å². The molecular weight excluding hydrogens is 132 g/mol. The second-order valence-corrected chi connectivity index (χ2v) is 2.09. The third-order valence-corrected chi connectivity index (χ3v) is 1.06. The van der Waals surface area contributed by atoms with Crippen LogP contribution in [0.15, 0.2) is 0 Å². The molecule has 46 valence electrons. The van der Waals surface area contributed by atoms with Crippen molar-refractivity contribution in [3.05, 3.63) is 0 Å². The molecule has 4 nitrogen and oxygen atoms in total. The fourth-order valence-electron chi connectivity index (χ4n) is 0.0929. The van der Waals surface area contributed by atoms with E-state index in [9.17, 15) is 8.42 Å². The summed E-state index contributed by atoms with van der Waals surface area (Å²) in [6.45, 7) is 0. The second-order valence-electron chi connectivity index (χ2n) is 0.776. The fourth-order valence-corrected chi connectivity index (χ4v) is 0.279. The first kappa shape index (κ1) is 7.27. The van der Waals surface area contributed by atoms with Crippen molar-refractivity contribution in [3.8, 4) is 12.5 Å². The predicted molar refractivity (Wildman–Crippen MR) is 25.8 cm³/mol. The largest absolute Gasteiger partial charge is 0.457 e. The van der Waals surface area contributed by atoms with E-state index in [-0.39, 0.29) is 0 Å². The molecule has 0 N–H and O–H groups in total. The molecule has 0 aliphatic rings. The standard InChI is InChI=1S/C3H4O4S/c1-3-7-8(4,5)6-2/h1H,2H3. The second kappa shape index (κ2) is 2.55. The molecule has 0 spiro atoms. The summed E-state index contributed by atoms with van der Waals surface area (Å²) in [4.78, 5) is 0. The molecule has 0 atom stereocenters. The lowest BCUT2D eigenvalue weighted by molar-refractivity contribution is 0.319. The van der Waals surface area contributed by atoms with Crippen LogP contribution < -0.4 is 0 Å². The lowest BCUT2D eigenvalue weighted by Gasteiger charge is -1.91. The molecule has 0 heterocycles. The van der Waals surface area contributed by atoms with Crippen LogP contribution in [0.4, 0.5) is 0 Å². The zero-order valence-corrected chi connectivity index (χ0v) is 4.94. The van der Waals surface area contributed by atoms with Crippen LogP contribution in [0.5, 0.6) is 0 Å². The van der Waals surface area contributed by atoms with Crippen LogP contribution in [0.3, 0.4) is 0 Å². The van der Waals surface area contributed by atoms with Crippen molar-refractivity contribution >= 4 is 10.4 Å². The molecule has 0 rings (SSSR count). The van der Waals surface area contributed by atoms with Crippen molar-refractivity contribution in [1.29, 1.82) is 0 Å². The molecule has 0 aromatic heterocycles. The van der Waals surface area contributed by atoms with Crippen LogP contribution >= 0.6 is 0 Å². The van der Waals surface area contributed by atoms with E-state index in [2.05, 4.69) is 14.8 Å². The van der Waals surface area contributed by atoms with Crippen LogP contribution in [0.25, 0.3) is 0 Å². The quantitative estimate of drug-likeness (QED) is 0.479. The zero-order valence-electron chi connectivity index (χ0n) is 4.12. The zero-order chi connectivity index (χ0) is 6.62. The van der Waals surface area contributed by atoms with Gasteiger partial charge in [0.05, 0.1) is 7.11 Å². The Bertz CT molecular complexity index is 184. The third-order valence-electron chi connectivity index (χ3n) is 0.354. The average Bonchev–Trinajstić information content (AvgIpc) is 1.67. The van der Waals surface area contributed by atoms with Gasteiger partial charge in [0.15, 0.2) is 0 Å². The molecule has 0 aliphatic carbocycles. The van der Waals surface area contributed by atoms with Crippen LogP contribution in [0, 0.1) is 12.5 Å². The van der Waals surface area contributed by atoms with E-state index in [1.54, 1.807) is 0 Å². The summed E-state index contributed by atoms with van der Waals surface area (Å²) in [6.07, 6.45) is 5.90. The van der Waals surface area contributed by atoms with Gasteiger partial charge in [0.25, 0.3) is 0 Å². The highest BCUT2D eigenvalue weighted by Crippen LogP contribution is 1.88. The highest BCUT2D eigenvalue weighted by Gasteiger charge is 2.04. The SMILES string of the molecule is C#COS(=O)(=O)OC. The summed E-state index contributed by atoms with van der Waals surface area (Å²) in [6, 6.07) is 0. The van der Waals surface area contributed by atoms with Gasteiger partial charge in [0.1, 0.15) is 6.11 Å². The Labute approximate surface area is 47.7 Å². The van der Waals surface area contributed by atoms with Gasteiger partial charge >= 0.3 is 10.4 Å². The minimum absolute atomic E-state index is 0.951. The number of terminal acetylenes is 1. The molecule has 0 fully saturated rings. The Morgan fingerprint density at radius 1 is 1.62 bits per heavy atom. The smallest absolute Gasteiger partial charge is 0.307 e. The molecular formula is C3H4O4S. The van der Waals surface area contributed by atoms with E-state index in [1.165, 1.54) is 6.11 Å². The van der Waals surface area contributed by atoms with Gasteiger partial charge in [0, 0.05) is 0 Å². The van der Waals surface area contributed by atoms with Gasteiger partial charge in [-0.05, 0) is 0 Å². The first-order valence-electron chi connectivity index (χ1n) is 1.57. The Morgan fingerprint density at radius 3 is 2.25 bits per heavy atom. The van der Waals surface area contributed by atoms with Crippen molar-refractivity contribution in [1.82, 2.24) is 0 Å². The van der Waals surface area contributed by atoms with Gasteiger partial charge in [-0.3, -0.25) is 0 Å². The molecule has 0 amide bonds. The summed E-state index contributed by atoms with van der Waals surface area (Å²) < 4.78 is 27.5. The molecule has 5 heteroatoms. The minimum atomic E-state index is -3.91. The van der Waals surface area contributed by atoms with E-state index in [1.807, 2.05) is 0 Å². The molecule has 0 unspecified atom stereocenters. The fraction of sp³-hybridized carbons (Fsp3) is 0.333. The van der Waals surface area contributed by atoms with Crippen molar-refractivity contribution in [2.24, 2.45) is 0 Å². The summed E-state index contributed by atoms with van der Waals surface area (Å²) in [5.41, 5.74) is 0. The molecule has 0 bridgehead atoms. The summed E-state index contributed by atoms with van der Waals surface area (Å²) in [5, 5.41) is 0. The Morgan fingerprint density at radius 2 is 2.12 bits per heavy atom. The highest BCUT2D eigenvalue weighted by atomic mass is 32.3. The first-order valence-corrected chi connectivity index (χ1v) is 2.90. The molecule has 0 aromatic rings. The lowest BCUT2D eigenvalue weighted by Crippen LogP contribution is -2.02. The van der Waals surface area contributed by atoms with Gasteiger partial charge in [-0.1, -0.05) is 6.42 Å². The Hall–Kier alpha value is -0.730. The molecule has 0 saturated heterocycles. The van der Waals surface area contributed by atoms with Gasteiger partial charge in [-0.25, -0.2) is 4.18 Å². The Kier molecular flexibility index (Phi) is 2.31. The summed E-state index contributed by atoms with van der Waals surface area (Å²) in [7, 11) is -2.95. The summed E-state index contributed by atoms with van der Waals surface area (Å²) in [5.74, 6) is 0. The average molecular weight is 136 g/mol. The number of rotatable bonds is 2. The van der Waals surface area contributed by atoms with Crippen molar-refractivity contribution in [2.45, 2.75) is 0 Å². The van der Waals surface area contributed by atoms with Gasteiger partial charge < -0.3 is 4.18 Å². The van der Waals surface area contributed by atoms with E-state index in [0.717, 1.165) is 7.11 Å². The van der Waals surface area contributed by atoms with Crippen LogP contribution in [0.2, 0.25) is 0 Å². The summed E-state index contributed by atoms with van der Waals surface area (Å²) >= 11 is 0. The molecule has 0 aliphatic heterocycles. The van der Waals surface area contributed by atoms with Crippen molar-refractivity contribution < 1.29 is 16.8 Å². The minimum Gasteiger partial charge on any atom is -0.307 e. The highest BCUT2D eigenvalue weighted by molar-refractivity contribution is 7.82.